The highest BCUT2D eigenvalue weighted by Gasteiger charge is 2.44. The van der Waals surface area contributed by atoms with Crippen LogP contribution >= 0.6 is 0 Å². The third kappa shape index (κ3) is 6.11. The smallest absolute Gasteiger partial charge is 0.410 e. The van der Waals surface area contributed by atoms with E-state index in [4.69, 9.17) is 9.47 Å². The molecule has 1 saturated heterocycles. The molecule has 35 heavy (non-hydrogen) atoms. The van der Waals surface area contributed by atoms with E-state index in [0.29, 0.717) is 31.6 Å². The average molecular weight is 490 g/mol. The Kier molecular flexibility index (Phi) is 8.04. The van der Waals surface area contributed by atoms with Crippen molar-refractivity contribution in [3.63, 3.8) is 0 Å². The molecular formula is C25H35N3O7. The van der Waals surface area contributed by atoms with Crippen molar-refractivity contribution in [3.8, 4) is 0 Å². The van der Waals surface area contributed by atoms with Gasteiger partial charge in [0.25, 0.3) is 0 Å². The summed E-state index contributed by atoms with van der Waals surface area (Å²) >= 11 is 0. The number of carbonyl (C=O) groups excluding carboxylic acids is 3. The molecule has 2 aliphatic rings. The van der Waals surface area contributed by atoms with E-state index in [-0.39, 0.29) is 12.5 Å². The number of hydrogen-bond donors (Lipinski definition) is 2. The Morgan fingerprint density at radius 3 is 2.40 bits per heavy atom. The fourth-order valence-electron chi connectivity index (χ4n) is 4.41. The minimum Gasteiger partial charge on any atom is -0.479 e. The van der Waals surface area contributed by atoms with Gasteiger partial charge < -0.3 is 24.8 Å². The van der Waals surface area contributed by atoms with E-state index in [1.807, 2.05) is 0 Å². The van der Waals surface area contributed by atoms with Crippen molar-refractivity contribution in [2.24, 2.45) is 5.92 Å². The van der Waals surface area contributed by atoms with Gasteiger partial charge in [-0.05, 0) is 57.6 Å². The van der Waals surface area contributed by atoms with Crippen LogP contribution in [0.5, 0.6) is 0 Å². The molecule has 0 saturated carbocycles. The lowest BCUT2D eigenvalue weighted by atomic mass is 9.90. The Balaban J connectivity index is 1.82. The summed E-state index contributed by atoms with van der Waals surface area (Å²) in [4.78, 5) is 54.0. The summed E-state index contributed by atoms with van der Waals surface area (Å²) in [7, 11) is 1.46. The molecular weight excluding hydrogens is 454 g/mol. The second-order valence-electron chi connectivity index (χ2n) is 10.1. The predicted molar refractivity (Wildman–Crippen MR) is 126 cm³/mol. The Morgan fingerprint density at radius 2 is 1.80 bits per heavy atom. The Bertz CT molecular complexity index is 968. The van der Waals surface area contributed by atoms with Gasteiger partial charge >= 0.3 is 12.1 Å². The summed E-state index contributed by atoms with van der Waals surface area (Å²) in [5.74, 6) is -2.33. The number of amides is 3. The second kappa shape index (κ2) is 10.6. The molecule has 2 aliphatic heterocycles. The van der Waals surface area contributed by atoms with Gasteiger partial charge in [-0.1, -0.05) is 24.3 Å². The summed E-state index contributed by atoms with van der Waals surface area (Å²) in [5.41, 5.74) is 0.616. The number of likely N-dealkylation sites (N-methyl/N-ethyl adjacent to an activating group) is 1. The zero-order chi connectivity index (χ0) is 25.9. The fraction of sp³-hybridized carbons (Fsp3) is 0.600. The van der Waals surface area contributed by atoms with E-state index in [1.54, 1.807) is 52.0 Å². The Hall–Kier alpha value is -3.14. The first-order valence-electron chi connectivity index (χ1n) is 11.9. The minimum atomic E-state index is -1.13. The molecule has 1 unspecified atom stereocenters. The van der Waals surface area contributed by atoms with Crippen LogP contribution in [0.25, 0.3) is 0 Å². The molecule has 2 N–H and O–H groups in total. The predicted octanol–water partition coefficient (Wildman–Crippen LogP) is 2.32. The topological polar surface area (TPSA) is 125 Å². The van der Waals surface area contributed by atoms with Crippen molar-refractivity contribution in [1.29, 1.82) is 0 Å². The van der Waals surface area contributed by atoms with Crippen LogP contribution in [0.2, 0.25) is 0 Å². The molecule has 3 amide bonds. The van der Waals surface area contributed by atoms with Crippen molar-refractivity contribution in [2.75, 3.05) is 20.3 Å². The zero-order valence-electron chi connectivity index (χ0n) is 20.9. The van der Waals surface area contributed by atoms with Gasteiger partial charge in [0.15, 0.2) is 6.04 Å². The molecule has 1 aromatic rings. The number of carboxylic acid groups (broad SMARTS) is 1. The summed E-state index contributed by atoms with van der Waals surface area (Å²) < 4.78 is 10.8. The minimum absolute atomic E-state index is 0.148. The lowest BCUT2D eigenvalue weighted by Gasteiger charge is -2.35. The van der Waals surface area contributed by atoms with E-state index in [0.717, 1.165) is 5.56 Å². The normalized spacial score (nSPS) is 19.9. The van der Waals surface area contributed by atoms with Crippen LogP contribution in [0.3, 0.4) is 0 Å². The van der Waals surface area contributed by atoms with Crippen LogP contribution in [0.1, 0.15) is 57.7 Å². The third-order valence-corrected chi connectivity index (χ3v) is 6.46. The number of aliphatic carboxylic acids is 1. The average Bonchev–Trinajstić information content (AvgIpc) is 3.20. The molecule has 0 radical (unpaired) electrons. The number of nitrogens with zero attached hydrogens (tertiary/aromatic N) is 2. The largest absolute Gasteiger partial charge is 0.479 e. The SMILES string of the molecule is C[C@@H](C(=O)NC(C(=O)N1Cc2ccccc2[C@H]1C(=O)O)C1CCOCC1)N(C)C(=O)OC(C)(C)C. The standard InChI is InChI=1S/C25H35N3O7/c1-15(27(5)24(33)35-25(2,3)4)21(29)26-19(16-10-12-34-13-11-16)22(30)28-14-17-8-6-7-9-18(17)20(28)23(31)32/h6-9,15-16,19-20H,10-14H2,1-5H3,(H,26,29)(H,31,32)/t15-,19?,20-/m0/s1. The van der Waals surface area contributed by atoms with E-state index >= 15 is 0 Å². The van der Waals surface area contributed by atoms with Gasteiger partial charge in [-0.3, -0.25) is 14.5 Å². The van der Waals surface area contributed by atoms with Crippen molar-refractivity contribution in [3.05, 3.63) is 35.4 Å². The fourth-order valence-corrected chi connectivity index (χ4v) is 4.41. The van der Waals surface area contributed by atoms with Crippen LogP contribution in [0, 0.1) is 5.92 Å². The van der Waals surface area contributed by atoms with Crippen molar-refractivity contribution in [1.82, 2.24) is 15.1 Å². The van der Waals surface area contributed by atoms with Crippen LogP contribution in [-0.4, -0.2) is 76.7 Å². The Morgan fingerprint density at radius 1 is 1.17 bits per heavy atom. The number of benzene rings is 1. The van der Waals surface area contributed by atoms with Gasteiger partial charge in [-0.15, -0.1) is 0 Å². The number of rotatable bonds is 6. The molecule has 3 rings (SSSR count). The molecule has 0 aliphatic carbocycles. The third-order valence-electron chi connectivity index (χ3n) is 6.46. The van der Waals surface area contributed by atoms with E-state index in [9.17, 15) is 24.3 Å². The van der Waals surface area contributed by atoms with Gasteiger partial charge in [-0.25, -0.2) is 9.59 Å². The van der Waals surface area contributed by atoms with E-state index < -0.39 is 47.6 Å². The highest BCUT2D eigenvalue weighted by Crippen LogP contribution is 2.35. The van der Waals surface area contributed by atoms with Crippen LogP contribution in [-0.2, 0) is 30.4 Å². The first kappa shape index (κ1) is 26.5. The molecule has 0 aromatic heterocycles. The van der Waals surface area contributed by atoms with Gasteiger partial charge in [0.05, 0.1) is 0 Å². The summed E-state index contributed by atoms with van der Waals surface area (Å²) in [6.07, 6.45) is 0.437. The molecule has 0 spiro atoms. The van der Waals surface area contributed by atoms with Gasteiger partial charge in [-0.2, -0.15) is 0 Å². The Labute approximate surface area is 205 Å². The number of carbonyl (C=O) groups is 4. The first-order chi connectivity index (χ1) is 16.4. The quantitative estimate of drug-likeness (QED) is 0.628. The number of carboxylic acids is 1. The number of fused-ring (bicyclic) bond motifs is 1. The first-order valence-corrected chi connectivity index (χ1v) is 11.9. The summed E-state index contributed by atoms with van der Waals surface area (Å²) in [5, 5.41) is 12.7. The molecule has 1 fully saturated rings. The molecule has 2 heterocycles. The van der Waals surface area contributed by atoms with Crippen molar-refractivity contribution in [2.45, 2.75) is 70.8 Å². The monoisotopic (exact) mass is 489 g/mol. The molecule has 0 bridgehead atoms. The summed E-state index contributed by atoms with van der Waals surface area (Å²) in [6, 6.07) is 4.08. The zero-order valence-corrected chi connectivity index (χ0v) is 20.9. The number of ether oxygens (including phenoxy) is 2. The molecule has 192 valence electrons. The van der Waals surface area contributed by atoms with Gasteiger partial charge in [0.1, 0.15) is 17.7 Å². The van der Waals surface area contributed by atoms with Crippen molar-refractivity contribution >= 4 is 23.9 Å². The molecule has 1 aromatic carbocycles. The van der Waals surface area contributed by atoms with Crippen LogP contribution in [0.15, 0.2) is 24.3 Å². The molecule has 3 atom stereocenters. The van der Waals surface area contributed by atoms with Crippen molar-refractivity contribution < 1.29 is 33.8 Å². The second-order valence-corrected chi connectivity index (χ2v) is 10.1. The lowest BCUT2D eigenvalue weighted by molar-refractivity contribution is -0.152. The maximum absolute atomic E-state index is 13.8. The maximum atomic E-state index is 13.8. The number of hydrogen-bond acceptors (Lipinski definition) is 6. The van der Waals surface area contributed by atoms with Crippen LogP contribution in [0.4, 0.5) is 4.79 Å². The maximum Gasteiger partial charge on any atom is 0.410 e. The van der Waals surface area contributed by atoms with E-state index in [1.165, 1.54) is 16.8 Å². The summed E-state index contributed by atoms with van der Waals surface area (Å²) in [6.45, 7) is 7.79. The highest BCUT2D eigenvalue weighted by molar-refractivity contribution is 5.94. The van der Waals surface area contributed by atoms with Gasteiger partial charge in [0.2, 0.25) is 11.8 Å². The molecule has 10 nitrogen and oxygen atoms in total. The van der Waals surface area contributed by atoms with Gasteiger partial charge in [0, 0.05) is 26.8 Å². The lowest BCUT2D eigenvalue weighted by Crippen LogP contribution is -2.57. The van der Waals surface area contributed by atoms with E-state index in [2.05, 4.69) is 5.32 Å². The highest BCUT2D eigenvalue weighted by atomic mass is 16.6. The molecule has 10 heteroatoms. The van der Waals surface area contributed by atoms with Crippen LogP contribution < -0.4 is 5.32 Å². The number of nitrogens with one attached hydrogen (secondary N) is 1.